The van der Waals surface area contributed by atoms with E-state index in [4.69, 9.17) is 9.47 Å². The van der Waals surface area contributed by atoms with E-state index in [0.717, 1.165) is 36.5 Å². The molecule has 1 aromatic carbocycles. The molecule has 0 aliphatic heterocycles. The molecule has 1 aromatic heterocycles. The minimum absolute atomic E-state index is 0.0620. The van der Waals surface area contributed by atoms with Crippen molar-refractivity contribution in [3.63, 3.8) is 0 Å². The summed E-state index contributed by atoms with van der Waals surface area (Å²) in [5, 5.41) is 0. The van der Waals surface area contributed by atoms with Gasteiger partial charge in [0.25, 0.3) is 5.56 Å². The smallest absolute Gasteiger partial charge is 0.251 e. The Morgan fingerprint density at radius 1 is 1.16 bits per heavy atom. The zero-order chi connectivity index (χ0) is 18.2. The summed E-state index contributed by atoms with van der Waals surface area (Å²) in [6.07, 6.45) is 2.26. The second-order valence-electron chi connectivity index (χ2n) is 6.54. The molecule has 0 spiro atoms. The Hall–Kier alpha value is -2.14. The second kappa shape index (κ2) is 9.37. The Balaban J connectivity index is 1.99. The molecule has 0 bridgehead atoms. The van der Waals surface area contributed by atoms with Crippen LogP contribution >= 0.6 is 0 Å². The van der Waals surface area contributed by atoms with Gasteiger partial charge in [-0.25, -0.2) is 4.98 Å². The summed E-state index contributed by atoms with van der Waals surface area (Å²) in [6.45, 7) is 9.48. The molecule has 136 valence electrons. The minimum atomic E-state index is -0.132. The van der Waals surface area contributed by atoms with Gasteiger partial charge in [0, 0.05) is 18.2 Å². The molecular weight excluding hydrogens is 316 g/mol. The number of hydrogen-bond donors (Lipinski definition) is 1. The summed E-state index contributed by atoms with van der Waals surface area (Å²) in [7, 11) is 0. The van der Waals surface area contributed by atoms with Gasteiger partial charge in [0.15, 0.2) is 0 Å². The van der Waals surface area contributed by atoms with Crippen molar-refractivity contribution < 1.29 is 9.47 Å². The highest BCUT2D eigenvalue weighted by atomic mass is 16.5. The van der Waals surface area contributed by atoms with Crippen molar-refractivity contribution in [3.05, 3.63) is 46.4 Å². The molecule has 0 amide bonds. The lowest BCUT2D eigenvalue weighted by Gasteiger charge is -2.14. The topological polar surface area (TPSA) is 64.2 Å². The Morgan fingerprint density at radius 2 is 1.88 bits per heavy atom. The highest BCUT2D eigenvalue weighted by molar-refractivity contribution is 5.56. The molecule has 2 rings (SSSR count). The molecule has 1 unspecified atom stereocenters. The maximum absolute atomic E-state index is 11.8. The van der Waals surface area contributed by atoms with Crippen LogP contribution in [-0.2, 0) is 4.74 Å². The summed E-state index contributed by atoms with van der Waals surface area (Å²) in [6, 6.07) is 9.12. The molecule has 5 heteroatoms. The first-order chi connectivity index (χ1) is 12.0. The molecule has 0 aliphatic carbocycles. The molecule has 0 saturated heterocycles. The van der Waals surface area contributed by atoms with Crippen molar-refractivity contribution in [2.45, 2.75) is 52.6 Å². The van der Waals surface area contributed by atoms with Gasteiger partial charge in [0.1, 0.15) is 18.2 Å². The predicted octanol–water partition coefficient (Wildman–Crippen LogP) is 4.14. The maximum atomic E-state index is 11.8. The first kappa shape index (κ1) is 19.2. The van der Waals surface area contributed by atoms with Crippen LogP contribution in [0.15, 0.2) is 35.1 Å². The monoisotopic (exact) mass is 344 g/mol. The highest BCUT2D eigenvalue weighted by Crippen LogP contribution is 2.20. The molecule has 0 fully saturated rings. The minimum Gasteiger partial charge on any atom is -0.491 e. The van der Waals surface area contributed by atoms with Crippen molar-refractivity contribution in [1.29, 1.82) is 0 Å². The van der Waals surface area contributed by atoms with Crippen molar-refractivity contribution in [2.75, 3.05) is 13.2 Å². The molecule has 1 atom stereocenters. The van der Waals surface area contributed by atoms with E-state index in [2.05, 4.69) is 16.9 Å². The third-order valence-electron chi connectivity index (χ3n) is 3.87. The average Bonchev–Trinajstić information content (AvgIpc) is 2.60. The summed E-state index contributed by atoms with van der Waals surface area (Å²) in [4.78, 5) is 19.1. The fraction of sp³-hybridized carbons (Fsp3) is 0.500. The lowest BCUT2D eigenvalue weighted by atomic mass is 10.1. The first-order valence-electron chi connectivity index (χ1n) is 8.95. The van der Waals surface area contributed by atoms with E-state index >= 15 is 0 Å². The van der Waals surface area contributed by atoms with Crippen LogP contribution in [0, 0.1) is 0 Å². The number of rotatable bonds is 9. The normalized spacial score (nSPS) is 12.4. The largest absolute Gasteiger partial charge is 0.491 e. The molecule has 0 radical (unpaired) electrons. The third kappa shape index (κ3) is 6.02. The molecule has 0 aliphatic rings. The Labute approximate surface area is 149 Å². The van der Waals surface area contributed by atoms with Crippen LogP contribution < -0.4 is 10.3 Å². The second-order valence-corrected chi connectivity index (χ2v) is 6.54. The number of H-pyrrole nitrogens is 1. The number of nitrogens with zero attached hydrogens (tertiary/aromatic N) is 1. The van der Waals surface area contributed by atoms with E-state index in [1.54, 1.807) is 6.07 Å². The lowest BCUT2D eigenvalue weighted by Crippen LogP contribution is -2.18. The van der Waals surface area contributed by atoms with Crippen LogP contribution in [0.3, 0.4) is 0 Å². The molecular formula is C20H28N2O3. The van der Waals surface area contributed by atoms with Crippen LogP contribution in [0.25, 0.3) is 11.4 Å². The molecule has 25 heavy (non-hydrogen) atoms. The van der Waals surface area contributed by atoms with Crippen molar-refractivity contribution in [2.24, 2.45) is 0 Å². The van der Waals surface area contributed by atoms with Gasteiger partial charge < -0.3 is 14.5 Å². The molecule has 5 nitrogen and oxygen atoms in total. The van der Waals surface area contributed by atoms with Gasteiger partial charge in [-0.3, -0.25) is 4.79 Å². The summed E-state index contributed by atoms with van der Waals surface area (Å²) in [5.41, 5.74) is 1.52. The van der Waals surface area contributed by atoms with Crippen molar-refractivity contribution in [1.82, 2.24) is 9.97 Å². The van der Waals surface area contributed by atoms with Crippen LogP contribution in [0.4, 0.5) is 0 Å². The number of nitrogens with one attached hydrogen (secondary N) is 1. The molecule has 2 aromatic rings. The first-order valence-corrected chi connectivity index (χ1v) is 8.95. The number of ether oxygens (including phenoxy) is 2. The van der Waals surface area contributed by atoms with Crippen LogP contribution in [0.2, 0.25) is 0 Å². The summed E-state index contributed by atoms with van der Waals surface area (Å²) >= 11 is 0. The standard InChI is InChI=1S/C20H28N2O3/c1-5-6-11-24-15(4)13-25-17-9-7-16(8-10-17)20-21-18(14(2)3)12-19(23)22-20/h7-10,12,14-15H,5-6,11,13H2,1-4H3,(H,21,22,23). The van der Waals surface area contributed by atoms with Crippen LogP contribution in [0.5, 0.6) is 5.75 Å². The fourth-order valence-corrected chi connectivity index (χ4v) is 2.31. The van der Waals surface area contributed by atoms with Crippen LogP contribution in [0.1, 0.15) is 52.1 Å². The van der Waals surface area contributed by atoms with E-state index in [1.165, 1.54) is 0 Å². The SMILES string of the molecule is CCCCOC(C)COc1ccc(-c2nc(C(C)C)cc(=O)[nH]2)cc1. The Morgan fingerprint density at radius 3 is 2.52 bits per heavy atom. The Bertz CT molecular complexity index is 708. The Kier molecular flexibility index (Phi) is 7.19. The van der Waals surface area contributed by atoms with E-state index < -0.39 is 0 Å². The highest BCUT2D eigenvalue weighted by Gasteiger charge is 2.08. The maximum Gasteiger partial charge on any atom is 0.251 e. The third-order valence-corrected chi connectivity index (χ3v) is 3.87. The number of aromatic amines is 1. The molecule has 1 N–H and O–H groups in total. The van der Waals surface area contributed by atoms with Gasteiger partial charge in [0.05, 0.1) is 11.8 Å². The van der Waals surface area contributed by atoms with Gasteiger partial charge in [-0.1, -0.05) is 27.2 Å². The quantitative estimate of drug-likeness (QED) is 0.694. The lowest BCUT2D eigenvalue weighted by molar-refractivity contribution is 0.0309. The van der Waals surface area contributed by atoms with E-state index in [0.29, 0.717) is 12.4 Å². The molecule has 0 saturated carbocycles. The van der Waals surface area contributed by atoms with Crippen molar-refractivity contribution in [3.8, 4) is 17.1 Å². The van der Waals surface area contributed by atoms with E-state index in [9.17, 15) is 4.79 Å². The summed E-state index contributed by atoms with van der Waals surface area (Å²) < 4.78 is 11.4. The number of benzene rings is 1. The number of aromatic nitrogens is 2. The van der Waals surface area contributed by atoms with Gasteiger partial charge in [-0.05, 0) is 43.5 Å². The van der Waals surface area contributed by atoms with Crippen LogP contribution in [-0.4, -0.2) is 29.3 Å². The predicted molar refractivity (Wildman–Crippen MR) is 100 cm³/mol. The van der Waals surface area contributed by atoms with Gasteiger partial charge >= 0.3 is 0 Å². The zero-order valence-electron chi connectivity index (χ0n) is 15.5. The summed E-state index contributed by atoms with van der Waals surface area (Å²) in [5.74, 6) is 1.56. The van der Waals surface area contributed by atoms with E-state index in [1.807, 2.05) is 45.0 Å². The fourth-order valence-electron chi connectivity index (χ4n) is 2.31. The zero-order valence-corrected chi connectivity index (χ0v) is 15.5. The average molecular weight is 344 g/mol. The van der Waals surface area contributed by atoms with Gasteiger partial charge in [-0.2, -0.15) is 0 Å². The van der Waals surface area contributed by atoms with Gasteiger partial charge in [0.2, 0.25) is 0 Å². The molecule has 1 heterocycles. The van der Waals surface area contributed by atoms with Crippen molar-refractivity contribution >= 4 is 0 Å². The number of hydrogen-bond acceptors (Lipinski definition) is 4. The van der Waals surface area contributed by atoms with Gasteiger partial charge in [-0.15, -0.1) is 0 Å². The van der Waals surface area contributed by atoms with E-state index in [-0.39, 0.29) is 17.6 Å². The number of unbranched alkanes of at least 4 members (excludes halogenated alkanes) is 1.